The molecule has 4 nitrogen and oxygen atoms in total. The topological polar surface area (TPSA) is 35.6 Å². The van der Waals surface area contributed by atoms with Gasteiger partial charge >= 0.3 is 0 Å². The van der Waals surface area contributed by atoms with E-state index in [0.29, 0.717) is 6.04 Å². The summed E-state index contributed by atoms with van der Waals surface area (Å²) in [5.74, 6) is 0.0524. The molecule has 3 rings (SSSR count). The van der Waals surface area contributed by atoms with E-state index in [1.165, 1.54) is 37.7 Å². The van der Waals surface area contributed by atoms with E-state index in [0.717, 1.165) is 17.9 Å². The molecule has 1 aliphatic rings. The van der Waals surface area contributed by atoms with Crippen molar-refractivity contribution in [2.45, 2.75) is 44.7 Å². The number of carbonyl (C=O) groups excluding carboxylic acids is 1. The number of hydrogen-bond acceptors (Lipinski definition) is 3. The number of para-hydroxylation sites is 2. The molecule has 1 fully saturated rings. The molecule has 0 unspecified atom stereocenters. The Morgan fingerprint density at radius 3 is 2.37 bits per heavy atom. The van der Waals surface area contributed by atoms with E-state index in [4.69, 9.17) is 0 Å². The molecule has 1 amide bonds. The first kappa shape index (κ1) is 19.4. The predicted molar refractivity (Wildman–Crippen MR) is 113 cm³/mol. The number of rotatable bonds is 7. The molecule has 144 valence electrons. The second-order valence-electron chi connectivity index (χ2n) is 7.51. The Hall–Kier alpha value is -2.33. The van der Waals surface area contributed by atoms with Crippen LogP contribution in [-0.2, 0) is 11.3 Å². The van der Waals surface area contributed by atoms with Crippen LogP contribution < -0.4 is 10.2 Å². The Bertz CT molecular complexity index is 725. The van der Waals surface area contributed by atoms with Crippen LogP contribution in [0, 0.1) is 0 Å². The van der Waals surface area contributed by atoms with Crippen LogP contribution in [0.25, 0.3) is 0 Å². The van der Waals surface area contributed by atoms with Crippen molar-refractivity contribution in [3.8, 4) is 0 Å². The number of nitrogens with zero attached hydrogens (tertiary/aromatic N) is 2. The quantitative estimate of drug-likeness (QED) is 0.783. The third-order valence-electron chi connectivity index (χ3n) is 5.58. The molecule has 27 heavy (non-hydrogen) atoms. The van der Waals surface area contributed by atoms with E-state index >= 15 is 0 Å². The largest absolute Gasteiger partial charge is 0.376 e. The summed E-state index contributed by atoms with van der Waals surface area (Å²) in [6, 6.07) is 18.8. The number of carbonyl (C=O) groups is 1. The van der Waals surface area contributed by atoms with Crippen LogP contribution in [0.4, 0.5) is 11.4 Å². The van der Waals surface area contributed by atoms with Crippen LogP contribution in [0.1, 0.15) is 37.7 Å². The molecule has 1 N–H and O–H groups in total. The predicted octanol–water partition coefficient (Wildman–Crippen LogP) is 4.53. The van der Waals surface area contributed by atoms with Crippen molar-refractivity contribution in [1.82, 2.24) is 4.90 Å². The summed E-state index contributed by atoms with van der Waals surface area (Å²) < 4.78 is 0. The molecule has 0 aliphatic heterocycles. The molecular formula is C23H31N3O. The van der Waals surface area contributed by atoms with Crippen LogP contribution in [0.3, 0.4) is 0 Å². The maximum atomic E-state index is 12.6. The van der Waals surface area contributed by atoms with Gasteiger partial charge in [0.2, 0.25) is 5.91 Å². The van der Waals surface area contributed by atoms with Crippen molar-refractivity contribution in [2.24, 2.45) is 0 Å². The molecule has 0 bridgehead atoms. The number of amides is 1. The van der Waals surface area contributed by atoms with Gasteiger partial charge in [-0.15, -0.1) is 0 Å². The fourth-order valence-corrected chi connectivity index (χ4v) is 3.84. The van der Waals surface area contributed by atoms with Crippen LogP contribution in [0.2, 0.25) is 0 Å². The monoisotopic (exact) mass is 365 g/mol. The van der Waals surface area contributed by atoms with E-state index < -0.39 is 0 Å². The van der Waals surface area contributed by atoms with Gasteiger partial charge in [0.25, 0.3) is 0 Å². The van der Waals surface area contributed by atoms with Crippen LogP contribution in [-0.4, -0.2) is 37.5 Å². The van der Waals surface area contributed by atoms with Crippen molar-refractivity contribution in [3.63, 3.8) is 0 Å². The first-order valence-corrected chi connectivity index (χ1v) is 9.99. The molecule has 0 atom stereocenters. The number of hydrogen-bond donors (Lipinski definition) is 1. The van der Waals surface area contributed by atoms with Gasteiger partial charge in [0.05, 0.1) is 6.54 Å². The van der Waals surface area contributed by atoms with Gasteiger partial charge in [-0.2, -0.15) is 0 Å². The first-order chi connectivity index (χ1) is 13.1. The van der Waals surface area contributed by atoms with Crippen molar-refractivity contribution in [3.05, 3.63) is 60.2 Å². The highest BCUT2D eigenvalue weighted by Gasteiger charge is 2.19. The van der Waals surface area contributed by atoms with Crippen molar-refractivity contribution >= 4 is 17.3 Å². The maximum absolute atomic E-state index is 12.6. The Balaban J connectivity index is 1.59. The lowest BCUT2D eigenvalue weighted by Crippen LogP contribution is -2.34. The Labute approximate surface area is 163 Å². The van der Waals surface area contributed by atoms with Crippen molar-refractivity contribution < 1.29 is 4.79 Å². The average molecular weight is 366 g/mol. The van der Waals surface area contributed by atoms with Crippen molar-refractivity contribution in [2.75, 3.05) is 30.9 Å². The van der Waals surface area contributed by atoms with Gasteiger partial charge in [0, 0.05) is 31.0 Å². The fourth-order valence-electron chi connectivity index (χ4n) is 3.84. The summed E-state index contributed by atoms with van der Waals surface area (Å²) in [4.78, 5) is 16.7. The number of benzene rings is 2. The zero-order valence-corrected chi connectivity index (χ0v) is 16.5. The van der Waals surface area contributed by atoms with Crippen LogP contribution in [0.5, 0.6) is 0 Å². The lowest BCUT2D eigenvalue weighted by atomic mass is 9.94. The van der Waals surface area contributed by atoms with E-state index in [1.54, 1.807) is 4.90 Å². The van der Waals surface area contributed by atoms with E-state index in [1.807, 2.05) is 43.4 Å². The minimum atomic E-state index is 0.0524. The first-order valence-electron chi connectivity index (χ1n) is 9.99. The molecule has 0 saturated heterocycles. The standard InChI is InChI=1S/C23H31N3O/c1-25(20-12-5-3-6-13-20)18-19-11-9-10-16-22(19)24-17-23(27)26(2)21-14-7-4-8-15-21/h4,7-11,14-16,20,24H,3,5-6,12-13,17-18H2,1-2H3. The molecule has 1 saturated carbocycles. The lowest BCUT2D eigenvalue weighted by molar-refractivity contribution is -0.116. The van der Waals surface area contributed by atoms with E-state index in [2.05, 4.69) is 35.5 Å². The van der Waals surface area contributed by atoms with Gasteiger partial charge < -0.3 is 10.2 Å². The average Bonchev–Trinajstić information content (AvgIpc) is 2.73. The van der Waals surface area contributed by atoms with Crippen LogP contribution in [0.15, 0.2) is 54.6 Å². The normalized spacial score (nSPS) is 14.9. The molecule has 1 aliphatic carbocycles. The highest BCUT2D eigenvalue weighted by atomic mass is 16.2. The fraction of sp³-hybridized carbons (Fsp3) is 0.435. The highest BCUT2D eigenvalue weighted by Crippen LogP contribution is 2.25. The Kier molecular flexibility index (Phi) is 6.88. The summed E-state index contributed by atoms with van der Waals surface area (Å²) in [5.41, 5.74) is 3.21. The molecular weight excluding hydrogens is 334 g/mol. The minimum absolute atomic E-state index is 0.0524. The van der Waals surface area contributed by atoms with Gasteiger partial charge in [0.1, 0.15) is 0 Å². The zero-order chi connectivity index (χ0) is 19.1. The van der Waals surface area contributed by atoms with Gasteiger partial charge in [-0.05, 0) is 43.7 Å². The maximum Gasteiger partial charge on any atom is 0.246 e. The van der Waals surface area contributed by atoms with Gasteiger partial charge in [-0.3, -0.25) is 9.69 Å². The zero-order valence-electron chi connectivity index (χ0n) is 16.5. The second kappa shape index (κ2) is 9.56. The van der Waals surface area contributed by atoms with Crippen LogP contribution >= 0.6 is 0 Å². The van der Waals surface area contributed by atoms with E-state index in [-0.39, 0.29) is 12.5 Å². The molecule has 0 heterocycles. The van der Waals surface area contributed by atoms with Gasteiger partial charge in [-0.1, -0.05) is 55.7 Å². The second-order valence-corrected chi connectivity index (χ2v) is 7.51. The SMILES string of the molecule is CN(C(=O)CNc1ccccc1CN(C)C1CCCCC1)c1ccccc1. The third-order valence-corrected chi connectivity index (χ3v) is 5.58. The Morgan fingerprint density at radius 1 is 0.963 bits per heavy atom. The van der Waals surface area contributed by atoms with E-state index in [9.17, 15) is 4.79 Å². The lowest BCUT2D eigenvalue weighted by Gasteiger charge is -2.31. The van der Waals surface area contributed by atoms with Gasteiger partial charge in [0.15, 0.2) is 0 Å². The Morgan fingerprint density at radius 2 is 1.63 bits per heavy atom. The number of nitrogens with one attached hydrogen (secondary N) is 1. The number of anilines is 2. The molecule has 2 aromatic rings. The molecule has 2 aromatic carbocycles. The summed E-state index contributed by atoms with van der Waals surface area (Å²) in [7, 11) is 4.04. The summed E-state index contributed by atoms with van der Waals surface area (Å²) in [5, 5.41) is 3.35. The smallest absolute Gasteiger partial charge is 0.246 e. The third kappa shape index (κ3) is 5.33. The minimum Gasteiger partial charge on any atom is -0.376 e. The number of likely N-dealkylation sites (N-methyl/N-ethyl adjacent to an activating group) is 1. The molecule has 0 spiro atoms. The highest BCUT2D eigenvalue weighted by molar-refractivity contribution is 5.95. The van der Waals surface area contributed by atoms with Gasteiger partial charge in [-0.25, -0.2) is 0 Å². The van der Waals surface area contributed by atoms with Crippen molar-refractivity contribution in [1.29, 1.82) is 0 Å². The summed E-state index contributed by atoms with van der Waals surface area (Å²) in [6.07, 6.45) is 6.66. The molecule has 0 radical (unpaired) electrons. The summed E-state index contributed by atoms with van der Waals surface area (Å²) >= 11 is 0. The molecule has 0 aromatic heterocycles. The summed E-state index contributed by atoms with van der Waals surface area (Å²) in [6.45, 7) is 1.20. The molecule has 4 heteroatoms.